The van der Waals surface area contributed by atoms with Crippen molar-refractivity contribution < 1.29 is 9.18 Å². The number of carbonyl (C=O) groups excluding carboxylic acids is 1. The number of nitrogens with zero attached hydrogens (tertiary/aromatic N) is 1. The fourth-order valence-electron chi connectivity index (χ4n) is 1.97. The molecule has 2 aromatic carbocycles. The van der Waals surface area contributed by atoms with Gasteiger partial charge in [0.2, 0.25) is 0 Å². The fraction of sp³-hybridized carbons (Fsp3) is 0.111. The normalized spacial score (nSPS) is 10.9. The Morgan fingerprint density at radius 3 is 2.71 bits per heavy atom. The zero-order valence-corrected chi connectivity index (χ0v) is 13.9. The second-order valence-corrected chi connectivity index (χ2v) is 5.55. The number of hydrogen-bond donors (Lipinski definition) is 2. The lowest BCUT2D eigenvalue weighted by molar-refractivity contribution is -0.112. The molecular formula is C18H15ClFN3O. The van der Waals surface area contributed by atoms with Crippen LogP contribution in [0.4, 0.5) is 15.8 Å². The van der Waals surface area contributed by atoms with Crippen LogP contribution in [-0.4, -0.2) is 5.91 Å². The first-order chi connectivity index (χ1) is 11.4. The monoisotopic (exact) mass is 343 g/mol. The summed E-state index contributed by atoms with van der Waals surface area (Å²) in [5.74, 6) is -1.08. The Morgan fingerprint density at radius 2 is 2.04 bits per heavy atom. The highest BCUT2D eigenvalue weighted by Crippen LogP contribution is 2.20. The van der Waals surface area contributed by atoms with Crippen LogP contribution in [-0.2, 0) is 4.79 Å². The number of nitriles is 1. The van der Waals surface area contributed by atoms with Crippen LogP contribution >= 0.6 is 11.6 Å². The summed E-state index contributed by atoms with van der Waals surface area (Å²) >= 11 is 5.69. The third-order valence-corrected chi connectivity index (χ3v) is 3.81. The van der Waals surface area contributed by atoms with E-state index in [1.54, 1.807) is 6.07 Å². The van der Waals surface area contributed by atoms with E-state index in [0.717, 1.165) is 11.1 Å². The average molecular weight is 344 g/mol. The summed E-state index contributed by atoms with van der Waals surface area (Å²) in [5.41, 5.74) is 2.96. The third kappa shape index (κ3) is 4.12. The molecule has 0 saturated carbocycles. The van der Waals surface area contributed by atoms with E-state index in [1.807, 2.05) is 32.0 Å². The van der Waals surface area contributed by atoms with Gasteiger partial charge in [0.1, 0.15) is 17.5 Å². The van der Waals surface area contributed by atoms with Crippen molar-refractivity contribution >= 4 is 28.9 Å². The summed E-state index contributed by atoms with van der Waals surface area (Å²) in [6.45, 7) is 3.82. The molecule has 2 N–H and O–H groups in total. The molecule has 0 bridgehead atoms. The molecule has 24 heavy (non-hydrogen) atoms. The molecule has 2 rings (SSSR count). The lowest BCUT2D eigenvalue weighted by Crippen LogP contribution is -2.15. The first-order valence-corrected chi connectivity index (χ1v) is 7.49. The van der Waals surface area contributed by atoms with Crippen molar-refractivity contribution in [3.8, 4) is 6.07 Å². The molecule has 0 aromatic heterocycles. The average Bonchev–Trinajstić information content (AvgIpc) is 2.55. The lowest BCUT2D eigenvalue weighted by atomic mass is 10.1. The molecule has 0 fully saturated rings. The lowest BCUT2D eigenvalue weighted by Gasteiger charge is -2.10. The largest absolute Gasteiger partial charge is 0.360 e. The molecule has 0 aliphatic rings. The van der Waals surface area contributed by atoms with Crippen molar-refractivity contribution in [2.45, 2.75) is 13.8 Å². The van der Waals surface area contributed by atoms with Crippen LogP contribution in [0.2, 0.25) is 5.02 Å². The zero-order valence-electron chi connectivity index (χ0n) is 13.2. The zero-order chi connectivity index (χ0) is 17.7. The van der Waals surface area contributed by atoms with Crippen molar-refractivity contribution in [2.24, 2.45) is 0 Å². The van der Waals surface area contributed by atoms with E-state index >= 15 is 0 Å². The highest BCUT2D eigenvalue weighted by Gasteiger charge is 2.11. The summed E-state index contributed by atoms with van der Waals surface area (Å²) in [5, 5.41) is 14.6. The maximum absolute atomic E-state index is 13.1. The molecule has 0 radical (unpaired) electrons. The van der Waals surface area contributed by atoms with Crippen molar-refractivity contribution in [1.29, 1.82) is 5.26 Å². The van der Waals surface area contributed by atoms with E-state index in [4.69, 9.17) is 16.9 Å². The van der Waals surface area contributed by atoms with Gasteiger partial charge in [0.15, 0.2) is 0 Å². The first-order valence-electron chi connectivity index (χ1n) is 7.12. The van der Waals surface area contributed by atoms with Gasteiger partial charge in [-0.05, 0) is 49.2 Å². The number of nitrogens with one attached hydrogen (secondary N) is 2. The van der Waals surface area contributed by atoms with Crippen LogP contribution in [0.3, 0.4) is 0 Å². The fourth-order valence-corrected chi connectivity index (χ4v) is 2.15. The molecule has 0 aliphatic heterocycles. The van der Waals surface area contributed by atoms with Crippen LogP contribution in [0, 0.1) is 31.0 Å². The number of aryl methyl sites for hydroxylation is 1. The summed E-state index contributed by atoms with van der Waals surface area (Å²) < 4.78 is 13.1. The topological polar surface area (TPSA) is 64.9 Å². The minimum Gasteiger partial charge on any atom is -0.360 e. The summed E-state index contributed by atoms with van der Waals surface area (Å²) in [6.07, 6.45) is 1.25. The smallest absolute Gasteiger partial charge is 0.267 e. The summed E-state index contributed by atoms with van der Waals surface area (Å²) in [7, 11) is 0. The van der Waals surface area contributed by atoms with Gasteiger partial charge in [-0.1, -0.05) is 23.7 Å². The van der Waals surface area contributed by atoms with Crippen molar-refractivity contribution in [3.05, 3.63) is 70.1 Å². The van der Waals surface area contributed by atoms with E-state index in [-0.39, 0.29) is 10.6 Å². The van der Waals surface area contributed by atoms with Crippen LogP contribution in [0.25, 0.3) is 0 Å². The number of carbonyl (C=O) groups is 1. The SMILES string of the molecule is Cc1cccc(NC(=O)/C(C#N)=C\Nc2ccc(F)c(Cl)c2)c1C. The van der Waals surface area contributed by atoms with Gasteiger partial charge in [0.25, 0.3) is 5.91 Å². The Labute approximate surface area is 144 Å². The molecule has 4 nitrogen and oxygen atoms in total. The Balaban J connectivity index is 2.15. The molecule has 0 spiro atoms. The van der Waals surface area contributed by atoms with Gasteiger partial charge in [-0.25, -0.2) is 4.39 Å². The Hall–Kier alpha value is -2.84. The number of halogens is 2. The van der Waals surface area contributed by atoms with Crippen molar-refractivity contribution in [1.82, 2.24) is 0 Å². The molecular weight excluding hydrogens is 329 g/mol. The van der Waals surface area contributed by atoms with E-state index in [9.17, 15) is 9.18 Å². The molecule has 0 atom stereocenters. The predicted octanol–water partition coefficient (Wildman–Crippen LogP) is 4.55. The minimum absolute atomic E-state index is 0.0493. The van der Waals surface area contributed by atoms with Crippen LogP contribution in [0.1, 0.15) is 11.1 Å². The van der Waals surface area contributed by atoms with Gasteiger partial charge in [0.05, 0.1) is 5.02 Å². The summed E-state index contributed by atoms with van der Waals surface area (Å²) in [4.78, 5) is 12.2. The van der Waals surface area contributed by atoms with E-state index in [1.165, 1.54) is 24.4 Å². The standard InChI is InChI=1S/C18H15ClFN3O/c1-11-4-3-5-17(12(11)2)23-18(24)13(9-21)10-22-14-6-7-16(20)15(19)8-14/h3-8,10,22H,1-2H3,(H,23,24)/b13-10-. The predicted molar refractivity (Wildman–Crippen MR) is 93.3 cm³/mol. The van der Waals surface area contributed by atoms with Gasteiger partial charge >= 0.3 is 0 Å². The Bertz CT molecular complexity index is 856. The second-order valence-electron chi connectivity index (χ2n) is 5.14. The molecule has 6 heteroatoms. The Morgan fingerprint density at radius 1 is 1.29 bits per heavy atom. The van der Waals surface area contributed by atoms with Gasteiger partial charge in [-0.2, -0.15) is 5.26 Å². The second kappa shape index (κ2) is 7.62. The highest BCUT2D eigenvalue weighted by atomic mass is 35.5. The third-order valence-electron chi connectivity index (χ3n) is 3.52. The van der Waals surface area contributed by atoms with Crippen molar-refractivity contribution in [2.75, 3.05) is 10.6 Å². The van der Waals surface area contributed by atoms with E-state index in [0.29, 0.717) is 11.4 Å². The van der Waals surface area contributed by atoms with E-state index < -0.39 is 11.7 Å². The van der Waals surface area contributed by atoms with E-state index in [2.05, 4.69) is 10.6 Å². The van der Waals surface area contributed by atoms with Gasteiger partial charge in [-0.3, -0.25) is 4.79 Å². The molecule has 0 unspecified atom stereocenters. The number of amides is 1. The van der Waals surface area contributed by atoms with Gasteiger partial charge < -0.3 is 10.6 Å². The minimum atomic E-state index is -0.542. The molecule has 0 heterocycles. The quantitative estimate of drug-likeness (QED) is 0.632. The van der Waals surface area contributed by atoms with Crippen molar-refractivity contribution in [3.63, 3.8) is 0 Å². The van der Waals surface area contributed by atoms with Crippen LogP contribution < -0.4 is 10.6 Å². The number of rotatable bonds is 4. The van der Waals surface area contributed by atoms with Gasteiger partial charge in [-0.15, -0.1) is 0 Å². The van der Waals surface area contributed by atoms with Crippen LogP contribution in [0.15, 0.2) is 48.2 Å². The van der Waals surface area contributed by atoms with Gasteiger partial charge in [0, 0.05) is 17.6 Å². The highest BCUT2D eigenvalue weighted by molar-refractivity contribution is 6.31. The Kier molecular flexibility index (Phi) is 5.56. The molecule has 2 aromatic rings. The maximum atomic E-state index is 13.1. The number of benzene rings is 2. The molecule has 122 valence electrons. The molecule has 1 amide bonds. The number of anilines is 2. The molecule has 0 aliphatic carbocycles. The van der Waals surface area contributed by atoms with Crippen LogP contribution in [0.5, 0.6) is 0 Å². The summed E-state index contributed by atoms with van der Waals surface area (Å²) in [6, 6.07) is 11.4. The molecule has 0 saturated heterocycles. The number of hydrogen-bond acceptors (Lipinski definition) is 3. The first kappa shape index (κ1) is 17.5. The maximum Gasteiger partial charge on any atom is 0.267 e.